The molecule has 3 N–H and O–H groups in total. The predicted molar refractivity (Wildman–Crippen MR) is 97.4 cm³/mol. The molecular formula is C20H23N3O2. The summed E-state index contributed by atoms with van der Waals surface area (Å²) in [6.45, 7) is 2.33. The topological polar surface area (TPSA) is 70.2 Å². The van der Waals surface area contributed by atoms with Gasteiger partial charge in [-0.2, -0.15) is 0 Å². The molecule has 0 aromatic heterocycles. The van der Waals surface area contributed by atoms with Gasteiger partial charge in [0, 0.05) is 23.7 Å². The maximum atomic E-state index is 12.3. The summed E-state index contributed by atoms with van der Waals surface area (Å²) in [5.74, 6) is -0.139. The van der Waals surface area contributed by atoms with Crippen molar-refractivity contribution in [1.29, 1.82) is 0 Å². The van der Waals surface area contributed by atoms with Gasteiger partial charge in [-0.1, -0.05) is 30.3 Å². The summed E-state index contributed by atoms with van der Waals surface area (Å²) in [6, 6.07) is 16.7. The van der Waals surface area contributed by atoms with Crippen molar-refractivity contribution in [2.24, 2.45) is 0 Å². The van der Waals surface area contributed by atoms with Gasteiger partial charge >= 0.3 is 0 Å². The van der Waals surface area contributed by atoms with Crippen molar-refractivity contribution >= 4 is 11.8 Å². The van der Waals surface area contributed by atoms with Crippen molar-refractivity contribution in [2.45, 2.75) is 25.4 Å². The van der Waals surface area contributed by atoms with Gasteiger partial charge in [-0.3, -0.25) is 9.59 Å². The molecule has 5 heteroatoms. The van der Waals surface area contributed by atoms with Crippen LogP contribution in [-0.4, -0.2) is 30.9 Å². The summed E-state index contributed by atoms with van der Waals surface area (Å²) in [5, 5.41) is 9.25. The average Bonchev–Trinajstić information content (AvgIpc) is 2.68. The van der Waals surface area contributed by atoms with Gasteiger partial charge in [0.2, 0.25) is 0 Å². The van der Waals surface area contributed by atoms with E-state index in [0.717, 1.165) is 31.5 Å². The second-order valence-electron chi connectivity index (χ2n) is 6.24. The Morgan fingerprint density at radius 2 is 1.52 bits per heavy atom. The fourth-order valence-corrected chi connectivity index (χ4v) is 2.88. The Labute approximate surface area is 147 Å². The van der Waals surface area contributed by atoms with Crippen molar-refractivity contribution in [3.8, 4) is 0 Å². The summed E-state index contributed by atoms with van der Waals surface area (Å²) in [4.78, 5) is 24.3. The van der Waals surface area contributed by atoms with Gasteiger partial charge in [0.15, 0.2) is 0 Å². The van der Waals surface area contributed by atoms with Gasteiger partial charge in [-0.05, 0) is 55.8 Å². The molecule has 5 nitrogen and oxygen atoms in total. The highest BCUT2D eigenvalue weighted by Gasteiger charge is 2.16. The molecule has 0 atom stereocenters. The van der Waals surface area contributed by atoms with E-state index in [9.17, 15) is 9.59 Å². The number of nitrogens with one attached hydrogen (secondary N) is 3. The number of carbonyl (C=O) groups excluding carboxylic acids is 2. The fourth-order valence-electron chi connectivity index (χ4n) is 2.88. The van der Waals surface area contributed by atoms with Crippen LogP contribution in [0, 0.1) is 0 Å². The van der Waals surface area contributed by atoms with Crippen LogP contribution < -0.4 is 16.0 Å². The first kappa shape index (κ1) is 17.2. The molecule has 1 heterocycles. The van der Waals surface area contributed by atoms with E-state index in [-0.39, 0.29) is 17.9 Å². The van der Waals surface area contributed by atoms with E-state index >= 15 is 0 Å². The maximum absolute atomic E-state index is 12.3. The smallest absolute Gasteiger partial charge is 0.251 e. The lowest BCUT2D eigenvalue weighted by molar-refractivity contribution is 0.0926. The fraction of sp³-hybridized carbons (Fsp3) is 0.300. The molecule has 0 aliphatic carbocycles. The molecule has 130 valence electrons. The third-order valence-corrected chi connectivity index (χ3v) is 4.38. The lowest BCUT2D eigenvalue weighted by atomic mass is 10.1. The second kappa shape index (κ2) is 8.44. The van der Waals surface area contributed by atoms with Crippen molar-refractivity contribution < 1.29 is 9.59 Å². The summed E-state index contributed by atoms with van der Waals surface area (Å²) in [6.07, 6.45) is 1.94. The van der Waals surface area contributed by atoms with Gasteiger partial charge in [0.05, 0.1) is 0 Å². The van der Waals surface area contributed by atoms with Crippen molar-refractivity contribution in [1.82, 2.24) is 16.0 Å². The number of hydrogen-bond donors (Lipinski definition) is 3. The lowest BCUT2D eigenvalue weighted by Gasteiger charge is -2.23. The number of benzene rings is 2. The molecule has 2 amide bonds. The highest BCUT2D eigenvalue weighted by Crippen LogP contribution is 2.08. The number of carbonyl (C=O) groups is 2. The molecule has 1 aliphatic rings. The molecule has 25 heavy (non-hydrogen) atoms. The summed E-state index contributed by atoms with van der Waals surface area (Å²) < 4.78 is 0. The Bertz CT molecular complexity index is 707. The van der Waals surface area contributed by atoms with Gasteiger partial charge in [0.25, 0.3) is 11.8 Å². The second-order valence-corrected chi connectivity index (χ2v) is 6.24. The lowest BCUT2D eigenvalue weighted by Crippen LogP contribution is -2.42. The zero-order valence-corrected chi connectivity index (χ0v) is 14.1. The van der Waals surface area contributed by atoms with E-state index in [0.29, 0.717) is 17.7 Å². The highest BCUT2D eigenvalue weighted by molar-refractivity contribution is 5.95. The van der Waals surface area contributed by atoms with E-state index < -0.39 is 0 Å². The highest BCUT2D eigenvalue weighted by atomic mass is 16.2. The SMILES string of the molecule is O=C(NCc1ccc(C(=O)NC2CCNCC2)cc1)c1ccccc1. The maximum Gasteiger partial charge on any atom is 0.251 e. The Hall–Kier alpha value is -2.66. The number of amides is 2. The van der Waals surface area contributed by atoms with Crippen LogP contribution >= 0.6 is 0 Å². The van der Waals surface area contributed by atoms with Gasteiger partial charge in [-0.25, -0.2) is 0 Å². The van der Waals surface area contributed by atoms with Gasteiger partial charge in [0.1, 0.15) is 0 Å². The minimum absolute atomic E-state index is 0.0354. The Kier molecular flexibility index (Phi) is 5.80. The Morgan fingerprint density at radius 3 is 2.20 bits per heavy atom. The monoisotopic (exact) mass is 337 g/mol. The van der Waals surface area contributed by atoms with Crippen LogP contribution in [0.25, 0.3) is 0 Å². The quantitative estimate of drug-likeness (QED) is 0.782. The molecule has 1 aliphatic heterocycles. The first-order valence-corrected chi connectivity index (χ1v) is 8.66. The molecule has 2 aromatic carbocycles. The predicted octanol–water partition coefficient (Wildman–Crippen LogP) is 2.10. The molecule has 1 fully saturated rings. The van der Waals surface area contributed by atoms with Crippen molar-refractivity contribution in [3.05, 3.63) is 71.3 Å². The van der Waals surface area contributed by atoms with Crippen LogP contribution in [0.5, 0.6) is 0 Å². The minimum atomic E-state index is -0.103. The van der Waals surface area contributed by atoms with E-state index in [1.54, 1.807) is 24.3 Å². The van der Waals surface area contributed by atoms with Crippen LogP contribution in [0.15, 0.2) is 54.6 Å². The molecule has 0 spiro atoms. The van der Waals surface area contributed by atoms with E-state index in [1.807, 2.05) is 30.3 Å². The molecule has 0 unspecified atom stereocenters. The number of rotatable bonds is 5. The molecule has 3 rings (SSSR count). The van der Waals surface area contributed by atoms with Crippen LogP contribution in [-0.2, 0) is 6.54 Å². The zero-order valence-electron chi connectivity index (χ0n) is 14.1. The summed E-state index contributed by atoms with van der Waals surface area (Å²) in [5.41, 5.74) is 2.25. The normalized spacial score (nSPS) is 14.7. The first-order chi connectivity index (χ1) is 12.2. The van der Waals surface area contributed by atoms with Crippen LogP contribution in [0.2, 0.25) is 0 Å². The summed E-state index contributed by atoms with van der Waals surface area (Å²) >= 11 is 0. The average molecular weight is 337 g/mol. The minimum Gasteiger partial charge on any atom is -0.349 e. The third kappa shape index (κ3) is 4.90. The van der Waals surface area contributed by atoms with Crippen LogP contribution in [0.4, 0.5) is 0 Å². The van der Waals surface area contributed by atoms with Crippen LogP contribution in [0.3, 0.4) is 0 Å². The van der Waals surface area contributed by atoms with Crippen molar-refractivity contribution in [2.75, 3.05) is 13.1 Å². The molecule has 1 saturated heterocycles. The van der Waals surface area contributed by atoms with Crippen LogP contribution in [0.1, 0.15) is 39.1 Å². The zero-order chi connectivity index (χ0) is 17.5. The van der Waals surface area contributed by atoms with E-state index in [2.05, 4.69) is 16.0 Å². The largest absolute Gasteiger partial charge is 0.349 e. The molecular weight excluding hydrogens is 314 g/mol. The van der Waals surface area contributed by atoms with Gasteiger partial charge in [-0.15, -0.1) is 0 Å². The molecule has 0 bridgehead atoms. The van der Waals surface area contributed by atoms with Gasteiger partial charge < -0.3 is 16.0 Å². The molecule has 0 saturated carbocycles. The van der Waals surface area contributed by atoms with E-state index in [1.165, 1.54) is 0 Å². The van der Waals surface area contributed by atoms with Crippen molar-refractivity contribution in [3.63, 3.8) is 0 Å². The number of hydrogen-bond acceptors (Lipinski definition) is 3. The molecule has 2 aromatic rings. The standard InChI is InChI=1S/C20H23N3O2/c24-19(16-4-2-1-3-5-16)22-14-15-6-8-17(9-7-15)20(25)23-18-10-12-21-13-11-18/h1-9,18,21H,10-14H2,(H,22,24)(H,23,25). The Balaban J connectivity index is 1.51. The molecule has 0 radical (unpaired) electrons. The first-order valence-electron chi connectivity index (χ1n) is 8.66. The Morgan fingerprint density at radius 1 is 0.880 bits per heavy atom. The van der Waals surface area contributed by atoms with E-state index in [4.69, 9.17) is 0 Å². The third-order valence-electron chi connectivity index (χ3n) is 4.38. The summed E-state index contributed by atoms with van der Waals surface area (Å²) in [7, 11) is 0. The number of piperidine rings is 1.